The van der Waals surface area contributed by atoms with Gasteiger partial charge in [0.15, 0.2) is 0 Å². The lowest BCUT2D eigenvalue weighted by molar-refractivity contribution is 0.0662. The van der Waals surface area contributed by atoms with Gasteiger partial charge in [0.1, 0.15) is 0 Å². The van der Waals surface area contributed by atoms with Crippen LogP contribution in [0, 0.1) is 11.8 Å². The maximum atomic E-state index is 5.87. The number of nitrogens with one attached hydrogen (secondary N) is 1. The molecule has 1 aromatic rings. The molecule has 2 aliphatic rings. The van der Waals surface area contributed by atoms with Crippen molar-refractivity contribution in [1.29, 1.82) is 0 Å². The number of allylic oxidation sites excluding steroid dienone is 2. The van der Waals surface area contributed by atoms with Crippen molar-refractivity contribution >= 4 is 0 Å². The van der Waals surface area contributed by atoms with E-state index in [-0.39, 0.29) is 0 Å². The molecule has 1 N–H and O–H groups in total. The van der Waals surface area contributed by atoms with Crippen molar-refractivity contribution in [2.24, 2.45) is 11.8 Å². The van der Waals surface area contributed by atoms with Crippen molar-refractivity contribution in [3.8, 4) is 0 Å². The first kappa shape index (κ1) is 14.7. The van der Waals surface area contributed by atoms with E-state index in [0.717, 1.165) is 37.2 Å². The topological polar surface area (TPSA) is 34.1 Å². The molecule has 0 spiro atoms. The van der Waals surface area contributed by atoms with Gasteiger partial charge in [0.2, 0.25) is 0 Å². The first-order valence-corrected chi connectivity index (χ1v) is 8.21. The number of hydrogen-bond donors (Lipinski definition) is 1. The van der Waals surface area contributed by atoms with Gasteiger partial charge in [-0.3, -0.25) is 4.98 Å². The molecule has 1 saturated carbocycles. The van der Waals surface area contributed by atoms with Crippen LogP contribution < -0.4 is 5.32 Å². The minimum atomic E-state index is 0.628. The molecule has 3 rings (SSSR count). The Morgan fingerprint density at radius 2 is 2.10 bits per heavy atom. The molecular weight excluding hydrogens is 260 g/mol. The van der Waals surface area contributed by atoms with Gasteiger partial charge < -0.3 is 10.1 Å². The Morgan fingerprint density at radius 3 is 2.81 bits per heavy atom. The van der Waals surface area contributed by atoms with Crippen molar-refractivity contribution < 1.29 is 4.74 Å². The van der Waals surface area contributed by atoms with E-state index in [1.54, 1.807) is 0 Å². The standard InChI is InChI=1S/C18H26N2O/c1-14-4-2-3-5-16(14)12-21-13-18-7-6-15(11-20-18)10-19-17-8-9-17/h2-3,6-7,11,14,16-17,19H,4-5,8-10,12-13H2,1H3. The molecule has 0 radical (unpaired) electrons. The van der Waals surface area contributed by atoms with Crippen LogP contribution in [0.4, 0.5) is 0 Å². The van der Waals surface area contributed by atoms with Gasteiger partial charge in [-0.15, -0.1) is 0 Å². The van der Waals surface area contributed by atoms with E-state index in [4.69, 9.17) is 4.74 Å². The molecule has 114 valence electrons. The zero-order valence-electron chi connectivity index (χ0n) is 12.9. The first-order valence-electron chi connectivity index (χ1n) is 8.21. The van der Waals surface area contributed by atoms with E-state index in [0.29, 0.717) is 12.5 Å². The van der Waals surface area contributed by atoms with Gasteiger partial charge in [-0.25, -0.2) is 0 Å². The van der Waals surface area contributed by atoms with Crippen molar-refractivity contribution in [2.45, 2.75) is 51.8 Å². The quantitative estimate of drug-likeness (QED) is 0.780. The van der Waals surface area contributed by atoms with E-state index >= 15 is 0 Å². The highest BCUT2D eigenvalue weighted by atomic mass is 16.5. The predicted octanol–water partition coefficient (Wildman–Crippen LogP) is 3.45. The van der Waals surface area contributed by atoms with Crippen LogP contribution in [-0.2, 0) is 17.9 Å². The molecule has 0 saturated heterocycles. The van der Waals surface area contributed by atoms with Gasteiger partial charge in [-0.1, -0.05) is 25.1 Å². The van der Waals surface area contributed by atoms with E-state index in [1.807, 2.05) is 6.20 Å². The predicted molar refractivity (Wildman–Crippen MR) is 84.8 cm³/mol. The largest absolute Gasteiger partial charge is 0.375 e. The zero-order valence-corrected chi connectivity index (χ0v) is 12.9. The van der Waals surface area contributed by atoms with E-state index < -0.39 is 0 Å². The van der Waals surface area contributed by atoms with Crippen LogP contribution in [0.1, 0.15) is 43.9 Å². The highest BCUT2D eigenvalue weighted by Gasteiger charge is 2.20. The summed E-state index contributed by atoms with van der Waals surface area (Å²) in [6.07, 6.45) is 11.5. The summed E-state index contributed by atoms with van der Waals surface area (Å²) in [6.45, 7) is 4.73. The third-order valence-electron chi connectivity index (χ3n) is 4.56. The first-order chi connectivity index (χ1) is 10.3. The fourth-order valence-electron chi connectivity index (χ4n) is 2.75. The van der Waals surface area contributed by atoms with Gasteiger partial charge in [0, 0.05) is 18.8 Å². The number of aromatic nitrogens is 1. The summed E-state index contributed by atoms with van der Waals surface area (Å²) >= 11 is 0. The highest BCUT2D eigenvalue weighted by molar-refractivity contribution is 5.13. The van der Waals surface area contributed by atoms with Crippen molar-refractivity contribution in [3.63, 3.8) is 0 Å². The second kappa shape index (κ2) is 7.19. The summed E-state index contributed by atoms with van der Waals surface area (Å²) in [5, 5.41) is 3.51. The third-order valence-corrected chi connectivity index (χ3v) is 4.56. The smallest absolute Gasteiger partial charge is 0.0887 e. The monoisotopic (exact) mass is 286 g/mol. The molecule has 21 heavy (non-hydrogen) atoms. The maximum Gasteiger partial charge on any atom is 0.0887 e. The molecule has 0 amide bonds. The van der Waals surface area contributed by atoms with Crippen LogP contribution in [0.25, 0.3) is 0 Å². The van der Waals surface area contributed by atoms with Gasteiger partial charge >= 0.3 is 0 Å². The summed E-state index contributed by atoms with van der Waals surface area (Å²) in [6, 6.07) is 5.00. The summed E-state index contributed by atoms with van der Waals surface area (Å²) in [4.78, 5) is 4.50. The molecular formula is C18H26N2O. The lowest BCUT2D eigenvalue weighted by atomic mass is 9.85. The number of pyridine rings is 1. The van der Waals surface area contributed by atoms with Crippen LogP contribution >= 0.6 is 0 Å². The zero-order chi connectivity index (χ0) is 14.5. The molecule has 1 heterocycles. The van der Waals surface area contributed by atoms with Gasteiger partial charge in [-0.2, -0.15) is 0 Å². The molecule has 2 aliphatic carbocycles. The Hall–Kier alpha value is -1.19. The Labute approximate surface area is 127 Å². The van der Waals surface area contributed by atoms with Crippen LogP contribution in [-0.4, -0.2) is 17.6 Å². The number of rotatable bonds is 7. The second-order valence-corrected chi connectivity index (χ2v) is 6.51. The van der Waals surface area contributed by atoms with E-state index in [2.05, 4.69) is 41.5 Å². The van der Waals surface area contributed by atoms with E-state index in [9.17, 15) is 0 Å². The summed E-state index contributed by atoms with van der Waals surface area (Å²) in [7, 11) is 0. The average molecular weight is 286 g/mol. The molecule has 0 aromatic carbocycles. The fraction of sp³-hybridized carbons (Fsp3) is 0.611. The fourth-order valence-corrected chi connectivity index (χ4v) is 2.75. The van der Waals surface area contributed by atoms with Gasteiger partial charge in [-0.05, 0) is 49.1 Å². The number of nitrogens with zero attached hydrogens (tertiary/aromatic N) is 1. The Kier molecular flexibility index (Phi) is 5.04. The lowest BCUT2D eigenvalue weighted by Gasteiger charge is -2.24. The van der Waals surface area contributed by atoms with Crippen LogP contribution in [0.2, 0.25) is 0 Å². The van der Waals surface area contributed by atoms with Crippen LogP contribution in [0.3, 0.4) is 0 Å². The number of ether oxygens (including phenoxy) is 1. The third kappa shape index (κ3) is 4.65. The summed E-state index contributed by atoms with van der Waals surface area (Å²) in [5.41, 5.74) is 2.29. The number of hydrogen-bond acceptors (Lipinski definition) is 3. The lowest BCUT2D eigenvalue weighted by Crippen LogP contribution is -2.19. The maximum absolute atomic E-state index is 5.87. The second-order valence-electron chi connectivity index (χ2n) is 6.51. The molecule has 2 atom stereocenters. The average Bonchev–Trinajstić information content (AvgIpc) is 3.33. The molecule has 0 aliphatic heterocycles. The van der Waals surface area contributed by atoms with Crippen molar-refractivity contribution in [1.82, 2.24) is 10.3 Å². The van der Waals surface area contributed by atoms with Crippen LogP contribution in [0.5, 0.6) is 0 Å². The highest BCUT2D eigenvalue weighted by Crippen LogP contribution is 2.25. The normalized spacial score (nSPS) is 25.2. The van der Waals surface area contributed by atoms with E-state index in [1.165, 1.54) is 24.8 Å². The summed E-state index contributed by atoms with van der Waals surface area (Å²) in [5.74, 6) is 1.40. The molecule has 1 fully saturated rings. The Morgan fingerprint density at radius 1 is 1.24 bits per heavy atom. The minimum absolute atomic E-state index is 0.628. The minimum Gasteiger partial charge on any atom is -0.375 e. The Balaban J connectivity index is 1.39. The van der Waals surface area contributed by atoms with Gasteiger partial charge in [0.25, 0.3) is 0 Å². The van der Waals surface area contributed by atoms with Crippen molar-refractivity contribution in [3.05, 3.63) is 41.7 Å². The summed E-state index contributed by atoms with van der Waals surface area (Å²) < 4.78 is 5.87. The van der Waals surface area contributed by atoms with Crippen LogP contribution in [0.15, 0.2) is 30.5 Å². The molecule has 2 unspecified atom stereocenters. The SMILES string of the molecule is CC1CC=CCC1COCc1ccc(CNC2CC2)cn1. The molecule has 3 nitrogen and oxygen atoms in total. The molecule has 3 heteroatoms. The molecule has 0 bridgehead atoms. The van der Waals surface area contributed by atoms with Gasteiger partial charge in [0.05, 0.1) is 18.9 Å². The Bertz CT molecular complexity index is 465. The molecule has 1 aromatic heterocycles. The van der Waals surface area contributed by atoms with Crippen molar-refractivity contribution in [2.75, 3.05) is 6.61 Å².